The monoisotopic (exact) mass is 375 g/mol. The van der Waals surface area contributed by atoms with Gasteiger partial charge in [0.1, 0.15) is 5.82 Å². The van der Waals surface area contributed by atoms with E-state index in [1.807, 2.05) is 15.9 Å². The van der Waals surface area contributed by atoms with Gasteiger partial charge in [-0.15, -0.1) is 16.8 Å². The average molecular weight is 375 g/mol. The van der Waals surface area contributed by atoms with Gasteiger partial charge in [-0.2, -0.15) is 0 Å². The highest BCUT2D eigenvalue weighted by atomic mass is 32.2. The summed E-state index contributed by atoms with van der Waals surface area (Å²) in [7, 11) is 0. The Kier molecular flexibility index (Phi) is 5.02. The topological polar surface area (TPSA) is 71.3 Å². The maximum absolute atomic E-state index is 12.5. The van der Waals surface area contributed by atoms with Gasteiger partial charge in [0.2, 0.25) is 11.8 Å². The minimum absolute atomic E-state index is 0.106. The number of hydrogen-bond donors (Lipinski definition) is 0. The van der Waals surface area contributed by atoms with Crippen molar-refractivity contribution in [3.8, 4) is 0 Å². The Bertz CT molecular complexity index is 702. The lowest BCUT2D eigenvalue weighted by molar-refractivity contribution is -0.139. The Hall–Kier alpha value is -1.83. The van der Waals surface area contributed by atoms with Crippen LogP contribution in [0.25, 0.3) is 0 Å². The average Bonchev–Trinajstić information content (AvgIpc) is 3.58. The molecule has 3 fully saturated rings. The van der Waals surface area contributed by atoms with Crippen LogP contribution in [0.3, 0.4) is 0 Å². The number of piperazine rings is 1. The van der Waals surface area contributed by atoms with Crippen LogP contribution in [0, 0.1) is 5.92 Å². The van der Waals surface area contributed by atoms with E-state index in [-0.39, 0.29) is 17.7 Å². The van der Waals surface area contributed by atoms with Crippen LogP contribution in [-0.2, 0) is 16.1 Å². The van der Waals surface area contributed by atoms with Gasteiger partial charge in [0, 0.05) is 44.6 Å². The zero-order valence-corrected chi connectivity index (χ0v) is 15.8. The fourth-order valence-electron chi connectivity index (χ4n) is 3.33. The smallest absolute Gasteiger partial charge is 0.233 e. The largest absolute Gasteiger partial charge is 0.339 e. The van der Waals surface area contributed by atoms with Crippen molar-refractivity contribution < 1.29 is 9.59 Å². The number of amides is 2. The van der Waals surface area contributed by atoms with E-state index in [1.165, 1.54) is 24.6 Å². The summed E-state index contributed by atoms with van der Waals surface area (Å²) in [5.74, 6) is 2.53. The second-order valence-electron chi connectivity index (χ2n) is 7.28. The molecule has 2 heterocycles. The zero-order valence-electron chi connectivity index (χ0n) is 15.0. The van der Waals surface area contributed by atoms with Crippen molar-refractivity contribution >= 4 is 23.6 Å². The van der Waals surface area contributed by atoms with Gasteiger partial charge in [0.05, 0.1) is 5.75 Å². The van der Waals surface area contributed by atoms with Gasteiger partial charge in [-0.3, -0.25) is 9.59 Å². The molecule has 8 heteroatoms. The molecule has 7 nitrogen and oxygen atoms in total. The van der Waals surface area contributed by atoms with Crippen LogP contribution >= 0.6 is 11.8 Å². The summed E-state index contributed by atoms with van der Waals surface area (Å²) < 4.78 is 2.08. The van der Waals surface area contributed by atoms with Crippen LogP contribution in [0.1, 0.15) is 37.4 Å². The second kappa shape index (κ2) is 7.42. The predicted octanol–water partition coefficient (Wildman–Crippen LogP) is 1.51. The molecule has 0 atom stereocenters. The molecule has 2 saturated carbocycles. The van der Waals surface area contributed by atoms with Crippen LogP contribution in [0.2, 0.25) is 0 Å². The van der Waals surface area contributed by atoms with Crippen LogP contribution in [0.4, 0.5) is 0 Å². The summed E-state index contributed by atoms with van der Waals surface area (Å²) >= 11 is 1.45. The lowest BCUT2D eigenvalue weighted by Crippen LogP contribution is -2.51. The maximum Gasteiger partial charge on any atom is 0.233 e. The third-order valence-electron chi connectivity index (χ3n) is 5.20. The van der Waals surface area contributed by atoms with E-state index in [2.05, 4.69) is 21.3 Å². The Morgan fingerprint density at radius 1 is 1.08 bits per heavy atom. The molecule has 140 valence electrons. The molecule has 1 aromatic rings. The van der Waals surface area contributed by atoms with Crippen LogP contribution in [0.15, 0.2) is 17.8 Å². The minimum Gasteiger partial charge on any atom is -0.339 e. The van der Waals surface area contributed by atoms with Crippen LogP contribution in [-0.4, -0.2) is 68.3 Å². The van der Waals surface area contributed by atoms with Gasteiger partial charge < -0.3 is 14.4 Å². The number of thioether (sulfide) groups is 1. The van der Waals surface area contributed by atoms with E-state index in [0.717, 1.165) is 23.8 Å². The summed E-state index contributed by atoms with van der Waals surface area (Å²) in [6.45, 7) is 7.06. The molecular formula is C18H25N5O2S. The van der Waals surface area contributed by atoms with Crippen LogP contribution < -0.4 is 0 Å². The number of carbonyl (C=O) groups is 2. The maximum atomic E-state index is 12.5. The Morgan fingerprint density at radius 2 is 1.77 bits per heavy atom. The number of allylic oxidation sites excluding steroid dienone is 1. The van der Waals surface area contributed by atoms with Crippen molar-refractivity contribution in [1.29, 1.82) is 0 Å². The summed E-state index contributed by atoms with van der Waals surface area (Å²) in [4.78, 5) is 28.4. The molecule has 0 aromatic carbocycles. The molecule has 1 saturated heterocycles. The molecule has 1 aromatic heterocycles. The molecule has 0 bridgehead atoms. The first-order chi connectivity index (χ1) is 12.7. The van der Waals surface area contributed by atoms with Gasteiger partial charge in [0.25, 0.3) is 0 Å². The normalized spacial score (nSPS) is 20.3. The molecule has 0 spiro atoms. The lowest BCUT2D eigenvalue weighted by atomic mass is 10.2. The molecule has 0 radical (unpaired) electrons. The number of nitrogens with zero attached hydrogens (tertiary/aromatic N) is 5. The molecule has 4 rings (SSSR count). The molecule has 2 aliphatic carbocycles. The first-order valence-electron chi connectivity index (χ1n) is 9.40. The van der Waals surface area contributed by atoms with Crippen molar-refractivity contribution in [2.45, 2.75) is 43.3 Å². The molecule has 1 aliphatic heterocycles. The van der Waals surface area contributed by atoms with Gasteiger partial charge >= 0.3 is 0 Å². The van der Waals surface area contributed by atoms with Crippen LogP contribution in [0.5, 0.6) is 0 Å². The lowest BCUT2D eigenvalue weighted by Gasteiger charge is -2.34. The fourth-order valence-corrected chi connectivity index (χ4v) is 4.19. The number of hydrogen-bond acceptors (Lipinski definition) is 5. The SMILES string of the molecule is C=CCn1c(SCC(=O)N2CCN(C(=O)C3CC3)CC2)nnc1C1CC1. The third-order valence-corrected chi connectivity index (χ3v) is 6.15. The van der Waals surface area contributed by atoms with E-state index in [9.17, 15) is 9.59 Å². The summed E-state index contributed by atoms with van der Waals surface area (Å²) in [5.41, 5.74) is 0. The first-order valence-corrected chi connectivity index (χ1v) is 10.4. The summed E-state index contributed by atoms with van der Waals surface area (Å²) in [5, 5.41) is 9.39. The van der Waals surface area contributed by atoms with Gasteiger partial charge in [-0.05, 0) is 25.7 Å². The Labute approximate surface area is 157 Å². The predicted molar refractivity (Wildman–Crippen MR) is 98.8 cm³/mol. The fraction of sp³-hybridized carbons (Fsp3) is 0.667. The summed E-state index contributed by atoms with van der Waals surface area (Å²) in [6.07, 6.45) is 6.24. The van der Waals surface area contributed by atoms with Crippen molar-refractivity contribution in [3.05, 3.63) is 18.5 Å². The molecule has 3 aliphatic rings. The van der Waals surface area contributed by atoms with Gasteiger partial charge in [-0.25, -0.2) is 0 Å². The summed E-state index contributed by atoms with van der Waals surface area (Å²) in [6, 6.07) is 0. The standard InChI is InChI=1S/C18H25N5O2S/c1-2-7-23-16(13-3-4-13)19-20-18(23)26-12-15(24)21-8-10-22(11-9-21)17(25)14-5-6-14/h2,13-14H,1,3-12H2. The zero-order chi connectivity index (χ0) is 18.1. The molecule has 0 unspecified atom stereocenters. The Morgan fingerprint density at radius 3 is 2.38 bits per heavy atom. The molecule has 2 amide bonds. The number of carbonyl (C=O) groups excluding carboxylic acids is 2. The van der Waals surface area contributed by atoms with Gasteiger partial charge in [0.15, 0.2) is 5.16 Å². The van der Waals surface area contributed by atoms with Crippen molar-refractivity contribution in [2.24, 2.45) is 5.92 Å². The molecule has 26 heavy (non-hydrogen) atoms. The third kappa shape index (κ3) is 3.79. The molecule has 0 N–H and O–H groups in total. The van der Waals surface area contributed by atoms with E-state index in [4.69, 9.17) is 0 Å². The minimum atomic E-state index is 0.106. The van der Waals surface area contributed by atoms with Gasteiger partial charge in [-0.1, -0.05) is 17.8 Å². The van der Waals surface area contributed by atoms with Crippen molar-refractivity contribution in [1.82, 2.24) is 24.6 Å². The van der Waals surface area contributed by atoms with Crippen molar-refractivity contribution in [2.75, 3.05) is 31.9 Å². The van der Waals surface area contributed by atoms with Crippen molar-refractivity contribution in [3.63, 3.8) is 0 Å². The van der Waals surface area contributed by atoms with E-state index in [0.29, 0.717) is 44.4 Å². The highest BCUT2D eigenvalue weighted by molar-refractivity contribution is 7.99. The second-order valence-corrected chi connectivity index (χ2v) is 8.23. The highest BCUT2D eigenvalue weighted by Gasteiger charge is 2.35. The van der Waals surface area contributed by atoms with E-state index >= 15 is 0 Å². The molecular weight excluding hydrogens is 350 g/mol. The quantitative estimate of drug-likeness (QED) is 0.534. The number of aromatic nitrogens is 3. The first kappa shape index (κ1) is 17.6. The Balaban J connectivity index is 1.29. The van der Waals surface area contributed by atoms with E-state index < -0.39 is 0 Å². The highest BCUT2D eigenvalue weighted by Crippen LogP contribution is 2.40. The van der Waals surface area contributed by atoms with E-state index in [1.54, 1.807) is 0 Å². The number of rotatable bonds is 7.